The van der Waals surface area contributed by atoms with Crippen molar-refractivity contribution >= 4 is 61.3 Å². The zero-order valence-electron chi connectivity index (χ0n) is 23.4. The minimum atomic E-state index is -4.84. The van der Waals surface area contributed by atoms with Crippen LogP contribution in [-0.2, 0) is 14.9 Å². The third-order valence-electron chi connectivity index (χ3n) is 6.60. The fraction of sp³-hybridized carbons (Fsp3) is 0.0323. The summed E-state index contributed by atoms with van der Waals surface area (Å²) in [5.41, 5.74) is 2.28. The largest absolute Gasteiger partial charge is 0.507 e. The highest BCUT2D eigenvalue weighted by Crippen LogP contribution is 2.42. The number of benzene rings is 5. The molecule has 0 saturated heterocycles. The molecule has 0 saturated carbocycles. The van der Waals surface area contributed by atoms with Crippen LogP contribution in [0.5, 0.6) is 11.5 Å². The Hall–Kier alpha value is -6.19. The van der Waals surface area contributed by atoms with E-state index in [-0.39, 0.29) is 34.3 Å². The van der Waals surface area contributed by atoms with Gasteiger partial charge in [-0.25, -0.2) is 4.79 Å². The van der Waals surface area contributed by atoms with Crippen molar-refractivity contribution in [2.24, 2.45) is 20.5 Å². The lowest BCUT2D eigenvalue weighted by Gasteiger charge is -2.11. The van der Waals surface area contributed by atoms with Crippen LogP contribution in [0.1, 0.15) is 10.4 Å². The lowest BCUT2D eigenvalue weighted by atomic mass is 10.1. The van der Waals surface area contributed by atoms with Crippen molar-refractivity contribution in [1.29, 1.82) is 0 Å². The lowest BCUT2D eigenvalue weighted by Crippen LogP contribution is -2.12. The molecule has 0 amide bonds. The smallest absolute Gasteiger partial charge is 0.339 e. The monoisotopic (exact) mass is 641 g/mol. The van der Waals surface area contributed by atoms with Gasteiger partial charge in [0, 0.05) is 11.1 Å². The van der Waals surface area contributed by atoms with Crippen LogP contribution in [0.4, 0.5) is 28.4 Å². The molecule has 15 heteroatoms. The van der Waals surface area contributed by atoms with E-state index in [4.69, 9.17) is 10.2 Å². The molecule has 232 valence electrons. The lowest BCUT2D eigenvalue weighted by molar-refractivity contribution is -0.134. The average molecular weight is 642 g/mol. The van der Waals surface area contributed by atoms with E-state index in [0.29, 0.717) is 17.1 Å². The molecule has 0 fully saturated rings. The zero-order chi connectivity index (χ0) is 33.0. The Morgan fingerprint density at radius 2 is 1.26 bits per heavy atom. The molecule has 5 rings (SSSR count). The standard InChI is InChI=1S/C31H23N5O9S/c37-26-12-10-23(15-25(26)31(41)42)35-33-20-5-1-17(2-6-20)18-3-7-21(8-4-18)34-36-29-27(46(43,44)45)14-19-13-22(32-16-28(38)39)9-11-24(19)30(29)40/h1-15,32,37,40H,16H2,(H,38,39)(H,41,42)(H,43,44,45). The van der Waals surface area contributed by atoms with Gasteiger partial charge in [0.2, 0.25) is 0 Å². The van der Waals surface area contributed by atoms with Gasteiger partial charge in [-0.2, -0.15) is 23.8 Å². The summed E-state index contributed by atoms with van der Waals surface area (Å²) in [5, 5.41) is 57.6. The number of hydrogen-bond donors (Lipinski definition) is 6. The zero-order valence-corrected chi connectivity index (χ0v) is 24.3. The normalized spacial score (nSPS) is 11.8. The molecule has 0 aromatic heterocycles. The Morgan fingerprint density at radius 3 is 1.83 bits per heavy atom. The first-order valence-corrected chi connectivity index (χ1v) is 14.7. The number of aliphatic carboxylic acids is 1. The minimum Gasteiger partial charge on any atom is -0.507 e. The first kappa shape index (κ1) is 31.2. The highest BCUT2D eigenvalue weighted by Gasteiger charge is 2.22. The molecule has 0 aliphatic carbocycles. The van der Waals surface area contributed by atoms with Crippen molar-refractivity contribution in [2.45, 2.75) is 4.90 Å². The van der Waals surface area contributed by atoms with Crippen molar-refractivity contribution in [2.75, 3.05) is 11.9 Å². The van der Waals surface area contributed by atoms with Crippen LogP contribution in [-0.4, -0.2) is 51.9 Å². The van der Waals surface area contributed by atoms with E-state index in [1.54, 1.807) is 48.5 Å². The number of carbonyl (C=O) groups is 2. The van der Waals surface area contributed by atoms with Crippen LogP contribution in [0, 0.1) is 0 Å². The summed E-state index contributed by atoms with van der Waals surface area (Å²) in [7, 11) is -4.84. The van der Waals surface area contributed by atoms with Crippen LogP contribution in [0.25, 0.3) is 21.9 Å². The van der Waals surface area contributed by atoms with E-state index >= 15 is 0 Å². The number of aromatic hydroxyl groups is 2. The second-order valence-corrected chi connectivity index (χ2v) is 11.1. The molecule has 5 aromatic carbocycles. The van der Waals surface area contributed by atoms with Gasteiger partial charge in [-0.15, -0.1) is 5.11 Å². The predicted molar refractivity (Wildman–Crippen MR) is 167 cm³/mol. The van der Waals surface area contributed by atoms with Crippen LogP contribution >= 0.6 is 0 Å². The summed E-state index contributed by atoms with van der Waals surface area (Å²) in [6.07, 6.45) is 0. The predicted octanol–water partition coefficient (Wildman–Crippen LogP) is 7.19. The molecular formula is C31H23N5O9S. The summed E-state index contributed by atoms with van der Waals surface area (Å²) in [6.45, 7) is -0.384. The van der Waals surface area contributed by atoms with E-state index in [9.17, 15) is 32.8 Å². The summed E-state index contributed by atoms with van der Waals surface area (Å²) < 4.78 is 34.1. The van der Waals surface area contributed by atoms with Gasteiger partial charge in [-0.1, -0.05) is 24.3 Å². The molecule has 0 aliphatic rings. The maximum absolute atomic E-state index is 12.2. The number of azo groups is 2. The van der Waals surface area contributed by atoms with Gasteiger partial charge >= 0.3 is 11.9 Å². The molecule has 0 aliphatic heterocycles. The Balaban J connectivity index is 1.35. The van der Waals surface area contributed by atoms with Gasteiger partial charge in [0.05, 0.1) is 17.1 Å². The Kier molecular flexibility index (Phi) is 8.70. The molecule has 0 heterocycles. The highest BCUT2D eigenvalue weighted by atomic mass is 32.2. The van der Waals surface area contributed by atoms with Gasteiger partial charge in [-0.05, 0) is 83.2 Å². The van der Waals surface area contributed by atoms with Crippen LogP contribution < -0.4 is 5.32 Å². The summed E-state index contributed by atoms with van der Waals surface area (Å²) in [6, 6.07) is 23.0. The number of phenolic OH excluding ortho intramolecular Hbond substituents is 1. The number of fused-ring (bicyclic) bond motifs is 1. The third-order valence-corrected chi connectivity index (χ3v) is 7.46. The summed E-state index contributed by atoms with van der Waals surface area (Å²) in [4.78, 5) is 21.4. The molecule has 0 spiro atoms. The van der Waals surface area contributed by atoms with Crippen molar-refractivity contribution in [3.8, 4) is 22.6 Å². The van der Waals surface area contributed by atoms with E-state index in [1.165, 1.54) is 36.4 Å². The van der Waals surface area contributed by atoms with Crippen LogP contribution in [0.15, 0.2) is 116 Å². The Bertz CT molecular complexity index is 2150. The maximum atomic E-state index is 12.2. The van der Waals surface area contributed by atoms with E-state index in [0.717, 1.165) is 17.2 Å². The second kappa shape index (κ2) is 12.8. The number of hydrogen-bond acceptors (Lipinski definition) is 11. The fourth-order valence-electron chi connectivity index (χ4n) is 4.35. The fourth-order valence-corrected chi connectivity index (χ4v) is 5.01. The number of anilines is 1. The van der Waals surface area contributed by atoms with Gasteiger partial charge in [0.25, 0.3) is 10.1 Å². The minimum absolute atomic E-state index is 0.202. The van der Waals surface area contributed by atoms with Gasteiger partial charge in [-0.3, -0.25) is 9.35 Å². The first-order valence-electron chi connectivity index (χ1n) is 13.2. The van der Waals surface area contributed by atoms with Crippen LogP contribution in [0.2, 0.25) is 0 Å². The molecule has 46 heavy (non-hydrogen) atoms. The van der Waals surface area contributed by atoms with E-state index in [1.807, 2.05) is 0 Å². The number of carboxylic acid groups (broad SMARTS) is 2. The Labute approximate surface area is 260 Å². The topological polar surface area (TPSA) is 231 Å². The van der Waals surface area contributed by atoms with Gasteiger partial charge in [0.15, 0.2) is 5.75 Å². The number of aromatic carboxylic acids is 1. The molecule has 0 atom stereocenters. The molecule has 5 aromatic rings. The van der Waals surface area contributed by atoms with Crippen molar-refractivity contribution < 1.29 is 43.0 Å². The van der Waals surface area contributed by atoms with Crippen molar-refractivity contribution in [1.82, 2.24) is 0 Å². The van der Waals surface area contributed by atoms with E-state index in [2.05, 4.69) is 25.8 Å². The quantitative estimate of drug-likeness (QED) is 0.0663. The number of phenols is 2. The summed E-state index contributed by atoms with van der Waals surface area (Å²) in [5.74, 6) is -3.30. The van der Waals surface area contributed by atoms with Crippen LogP contribution in [0.3, 0.4) is 0 Å². The van der Waals surface area contributed by atoms with Crippen molar-refractivity contribution in [3.05, 3.63) is 96.6 Å². The summed E-state index contributed by atoms with van der Waals surface area (Å²) >= 11 is 0. The van der Waals surface area contributed by atoms with Crippen molar-refractivity contribution in [3.63, 3.8) is 0 Å². The number of rotatable bonds is 10. The molecule has 0 radical (unpaired) electrons. The average Bonchev–Trinajstić information content (AvgIpc) is 3.02. The van der Waals surface area contributed by atoms with Gasteiger partial charge < -0.3 is 25.7 Å². The third kappa shape index (κ3) is 7.12. The molecule has 0 unspecified atom stereocenters. The molecule has 6 N–H and O–H groups in total. The second-order valence-electron chi connectivity index (χ2n) is 9.73. The molecule has 0 bridgehead atoms. The van der Waals surface area contributed by atoms with E-state index < -0.39 is 38.4 Å². The maximum Gasteiger partial charge on any atom is 0.339 e. The number of carboxylic acids is 2. The first-order chi connectivity index (χ1) is 21.9. The highest BCUT2D eigenvalue weighted by molar-refractivity contribution is 7.86. The Morgan fingerprint density at radius 1 is 0.696 bits per heavy atom. The number of nitrogens with one attached hydrogen (secondary N) is 1. The SMILES string of the molecule is O=C(O)CNc1ccc2c(O)c(N=Nc3ccc(-c4ccc(N=Nc5ccc(O)c(C(=O)O)c5)cc4)cc3)c(S(=O)(=O)O)cc2c1. The molecular weight excluding hydrogens is 618 g/mol. The molecule has 14 nitrogen and oxygen atoms in total. The van der Waals surface area contributed by atoms with Gasteiger partial charge in [0.1, 0.15) is 28.4 Å². The number of nitrogens with zero attached hydrogens (tertiary/aromatic N) is 4.